The van der Waals surface area contributed by atoms with Crippen molar-refractivity contribution in [3.63, 3.8) is 0 Å². The Labute approximate surface area is 167 Å². The van der Waals surface area contributed by atoms with Crippen LogP contribution in [0.2, 0.25) is 0 Å². The van der Waals surface area contributed by atoms with E-state index in [1.165, 1.54) is 11.1 Å². The predicted octanol–water partition coefficient (Wildman–Crippen LogP) is 4.39. The van der Waals surface area contributed by atoms with Crippen LogP contribution in [0.3, 0.4) is 0 Å². The third-order valence-corrected chi connectivity index (χ3v) is 3.94. The molecule has 0 fully saturated rings. The van der Waals surface area contributed by atoms with Gasteiger partial charge in [-0.25, -0.2) is 4.99 Å². The molecule has 2 aromatic rings. The summed E-state index contributed by atoms with van der Waals surface area (Å²) in [7, 11) is 0. The predicted molar refractivity (Wildman–Crippen MR) is 116 cm³/mol. The Hall–Kier alpha value is -1.76. The lowest BCUT2D eigenvalue weighted by molar-refractivity contribution is 0.475. The molecule has 0 radical (unpaired) electrons. The quantitative estimate of drug-likeness (QED) is 0.346. The molecule has 136 valence electrons. The maximum Gasteiger partial charge on any atom is 0.192 e. The molecule has 0 aliphatic rings. The van der Waals surface area contributed by atoms with E-state index in [1.54, 1.807) is 12.1 Å². The van der Waals surface area contributed by atoms with E-state index in [0.717, 1.165) is 24.5 Å². The summed E-state index contributed by atoms with van der Waals surface area (Å²) in [5.41, 5.74) is 3.64. The molecule has 0 saturated heterocycles. The number of nitrogens with zero attached hydrogens (tertiary/aromatic N) is 1. The minimum Gasteiger partial charge on any atom is -0.508 e. The van der Waals surface area contributed by atoms with Crippen LogP contribution in [0.1, 0.15) is 43.5 Å². The Balaban J connectivity index is 0.00000312. The summed E-state index contributed by atoms with van der Waals surface area (Å²) in [6.45, 7) is 7.72. The second-order valence-corrected chi connectivity index (χ2v) is 5.82. The molecular weight excluding hydrogens is 425 g/mol. The fourth-order valence-electron chi connectivity index (χ4n) is 2.42. The van der Waals surface area contributed by atoms with E-state index in [-0.39, 0.29) is 35.8 Å². The maximum atomic E-state index is 9.34. The second-order valence-electron chi connectivity index (χ2n) is 5.82. The topological polar surface area (TPSA) is 56.7 Å². The summed E-state index contributed by atoms with van der Waals surface area (Å²) in [4.78, 5) is 4.63. The highest BCUT2D eigenvalue weighted by molar-refractivity contribution is 14.0. The van der Waals surface area contributed by atoms with E-state index in [4.69, 9.17) is 0 Å². The number of aliphatic imine (C=N–C) groups is 1. The van der Waals surface area contributed by atoms with Gasteiger partial charge in [0.2, 0.25) is 0 Å². The van der Waals surface area contributed by atoms with Crippen molar-refractivity contribution in [3.05, 3.63) is 65.2 Å². The third-order valence-electron chi connectivity index (χ3n) is 3.94. The second kappa shape index (κ2) is 11.0. The summed E-state index contributed by atoms with van der Waals surface area (Å²) in [5, 5.41) is 16.1. The van der Waals surface area contributed by atoms with E-state index >= 15 is 0 Å². The highest BCUT2D eigenvalue weighted by atomic mass is 127. The Morgan fingerprint density at radius 1 is 1.00 bits per heavy atom. The zero-order valence-electron chi connectivity index (χ0n) is 15.1. The van der Waals surface area contributed by atoms with Crippen molar-refractivity contribution >= 4 is 29.9 Å². The maximum absolute atomic E-state index is 9.34. The lowest BCUT2D eigenvalue weighted by Gasteiger charge is -2.18. The molecule has 1 unspecified atom stereocenters. The summed E-state index contributed by atoms with van der Waals surface area (Å²) < 4.78 is 0. The summed E-state index contributed by atoms with van der Waals surface area (Å²) in [6.07, 6.45) is 1.05. The van der Waals surface area contributed by atoms with E-state index in [0.29, 0.717) is 6.54 Å². The van der Waals surface area contributed by atoms with Crippen LogP contribution in [0.15, 0.2) is 53.5 Å². The van der Waals surface area contributed by atoms with Crippen LogP contribution in [0, 0.1) is 0 Å². The first-order valence-corrected chi connectivity index (χ1v) is 8.54. The van der Waals surface area contributed by atoms with Crippen molar-refractivity contribution in [1.29, 1.82) is 0 Å². The van der Waals surface area contributed by atoms with Gasteiger partial charge in [-0.3, -0.25) is 0 Å². The number of phenols is 1. The number of aryl methyl sites for hydroxylation is 1. The first-order valence-electron chi connectivity index (χ1n) is 8.54. The molecule has 0 saturated carbocycles. The molecule has 2 aromatic carbocycles. The lowest BCUT2D eigenvalue weighted by atomic mass is 10.1. The Bertz CT molecular complexity index is 654. The molecule has 4 nitrogen and oxygen atoms in total. The molecule has 5 heteroatoms. The highest BCUT2D eigenvalue weighted by Crippen LogP contribution is 2.14. The Kier molecular flexibility index (Phi) is 9.34. The minimum atomic E-state index is 0. The fraction of sp³-hybridized carbons (Fsp3) is 0.350. The number of guanidine groups is 1. The van der Waals surface area contributed by atoms with Crippen molar-refractivity contribution in [2.45, 2.75) is 39.8 Å². The average molecular weight is 453 g/mol. The van der Waals surface area contributed by atoms with E-state index < -0.39 is 0 Å². The van der Waals surface area contributed by atoms with Gasteiger partial charge in [0, 0.05) is 6.54 Å². The third kappa shape index (κ3) is 6.94. The van der Waals surface area contributed by atoms with Crippen molar-refractivity contribution in [2.75, 3.05) is 6.54 Å². The van der Waals surface area contributed by atoms with Gasteiger partial charge in [0.05, 0.1) is 12.6 Å². The molecule has 25 heavy (non-hydrogen) atoms. The number of nitrogens with one attached hydrogen (secondary N) is 2. The van der Waals surface area contributed by atoms with E-state index in [2.05, 4.69) is 60.7 Å². The number of rotatable bonds is 6. The summed E-state index contributed by atoms with van der Waals surface area (Å²) >= 11 is 0. The normalized spacial score (nSPS) is 12.2. The molecule has 3 N–H and O–H groups in total. The monoisotopic (exact) mass is 453 g/mol. The number of aromatic hydroxyl groups is 1. The van der Waals surface area contributed by atoms with Crippen LogP contribution in [0.25, 0.3) is 0 Å². The number of hydrogen-bond acceptors (Lipinski definition) is 2. The molecule has 0 aromatic heterocycles. The van der Waals surface area contributed by atoms with Crippen LogP contribution in [0.5, 0.6) is 5.75 Å². The zero-order chi connectivity index (χ0) is 17.4. The molecule has 0 amide bonds. The molecular formula is C20H28IN3O. The van der Waals surface area contributed by atoms with Crippen molar-refractivity contribution < 1.29 is 5.11 Å². The van der Waals surface area contributed by atoms with Gasteiger partial charge < -0.3 is 15.7 Å². The summed E-state index contributed by atoms with van der Waals surface area (Å²) in [5.74, 6) is 1.06. The largest absolute Gasteiger partial charge is 0.508 e. The van der Waals surface area contributed by atoms with Gasteiger partial charge in [-0.15, -0.1) is 24.0 Å². The highest BCUT2D eigenvalue weighted by Gasteiger charge is 2.07. The van der Waals surface area contributed by atoms with Gasteiger partial charge in [0.15, 0.2) is 5.96 Å². The molecule has 2 rings (SSSR count). The minimum absolute atomic E-state index is 0. The van der Waals surface area contributed by atoms with Gasteiger partial charge in [-0.05, 0) is 49.1 Å². The van der Waals surface area contributed by atoms with Crippen molar-refractivity contribution in [3.8, 4) is 5.75 Å². The van der Waals surface area contributed by atoms with E-state index in [1.807, 2.05) is 12.1 Å². The lowest BCUT2D eigenvalue weighted by Crippen LogP contribution is -2.38. The average Bonchev–Trinajstić information content (AvgIpc) is 2.61. The van der Waals surface area contributed by atoms with Gasteiger partial charge in [-0.2, -0.15) is 0 Å². The standard InChI is InChI=1S/C20H27N3O.HI/c1-4-16-6-10-18(11-7-16)15(3)23-20(21-5-2)22-14-17-8-12-19(24)13-9-17;/h6-13,15,24H,4-5,14H2,1-3H3,(H2,21,22,23);1H. The van der Waals surface area contributed by atoms with Gasteiger partial charge in [0.1, 0.15) is 5.75 Å². The SMILES string of the molecule is CCNC(=NCc1ccc(O)cc1)NC(C)c1ccc(CC)cc1.I. The zero-order valence-corrected chi connectivity index (χ0v) is 17.5. The molecule has 0 spiro atoms. The van der Waals surface area contributed by atoms with Crippen LogP contribution in [-0.4, -0.2) is 17.6 Å². The molecule has 0 aliphatic carbocycles. The van der Waals surface area contributed by atoms with Crippen molar-refractivity contribution in [2.24, 2.45) is 4.99 Å². The number of halogens is 1. The molecule has 0 heterocycles. The number of hydrogen-bond donors (Lipinski definition) is 3. The first-order chi connectivity index (χ1) is 11.6. The van der Waals surface area contributed by atoms with Gasteiger partial charge >= 0.3 is 0 Å². The molecule has 0 bridgehead atoms. The van der Waals surface area contributed by atoms with Crippen LogP contribution < -0.4 is 10.6 Å². The number of benzene rings is 2. The fourth-order valence-corrected chi connectivity index (χ4v) is 2.42. The van der Waals surface area contributed by atoms with Crippen molar-refractivity contribution in [1.82, 2.24) is 10.6 Å². The Morgan fingerprint density at radius 2 is 1.60 bits per heavy atom. The smallest absolute Gasteiger partial charge is 0.192 e. The first kappa shape index (κ1) is 21.3. The number of phenolic OH excluding ortho intramolecular Hbond substituents is 1. The van der Waals surface area contributed by atoms with Gasteiger partial charge in [0.25, 0.3) is 0 Å². The van der Waals surface area contributed by atoms with Crippen LogP contribution >= 0.6 is 24.0 Å². The van der Waals surface area contributed by atoms with E-state index in [9.17, 15) is 5.11 Å². The van der Waals surface area contributed by atoms with Crippen LogP contribution in [-0.2, 0) is 13.0 Å². The van der Waals surface area contributed by atoms with Crippen LogP contribution in [0.4, 0.5) is 0 Å². The molecule has 0 aliphatic heterocycles. The Morgan fingerprint density at radius 3 is 2.16 bits per heavy atom. The summed E-state index contributed by atoms with van der Waals surface area (Å²) in [6, 6.07) is 16.0. The molecule has 1 atom stereocenters. The van der Waals surface area contributed by atoms with Gasteiger partial charge in [-0.1, -0.05) is 43.3 Å².